The maximum atomic E-state index is 12.3. The first-order valence-electron chi connectivity index (χ1n) is 8.75. The summed E-state index contributed by atoms with van der Waals surface area (Å²) in [5, 5.41) is 2.90. The minimum atomic E-state index is -0.319. The number of nitrogens with one attached hydrogen (secondary N) is 1. The monoisotopic (exact) mass is 331 g/mol. The summed E-state index contributed by atoms with van der Waals surface area (Å²) in [6.45, 7) is 11.1. The minimum absolute atomic E-state index is 0.0551. The molecule has 0 spiro atoms. The zero-order valence-corrected chi connectivity index (χ0v) is 15.3. The van der Waals surface area contributed by atoms with E-state index in [1.807, 2.05) is 56.9 Å². The second-order valence-corrected chi connectivity index (χ2v) is 7.37. The van der Waals surface area contributed by atoms with Crippen molar-refractivity contribution in [1.82, 2.24) is 4.90 Å². The highest BCUT2D eigenvalue weighted by molar-refractivity contribution is 5.90. The molecule has 0 aromatic heterocycles. The number of anilines is 2. The number of carbonyl (C=O) groups excluding carboxylic acids is 2. The Morgan fingerprint density at radius 3 is 2.12 bits per heavy atom. The van der Waals surface area contributed by atoms with Crippen molar-refractivity contribution in [3.63, 3.8) is 0 Å². The molecule has 5 nitrogen and oxygen atoms in total. The third-order valence-corrected chi connectivity index (χ3v) is 4.20. The van der Waals surface area contributed by atoms with Crippen LogP contribution in [0.5, 0.6) is 0 Å². The van der Waals surface area contributed by atoms with Gasteiger partial charge in [-0.3, -0.25) is 9.59 Å². The van der Waals surface area contributed by atoms with Gasteiger partial charge in [-0.25, -0.2) is 0 Å². The van der Waals surface area contributed by atoms with Gasteiger partial charge in [-0.05, 0) is 30.7 Å². The maximum absolute atomic E-state index is 12.3. The van der Waals surface area contributed by atoms with Crippen LogP contribution in [0.1, 0.15) is 40.5 Å². The van der Waals surface area contributed by atoms with Gasteiger partial charge in [-0.1, -0.05) is 27.7 Å². The quantitative estimate of drug-likeness (QED) is 0.922. The number of rotatable bonds is 4. The molecule has 1 saturated heterocycles. The van der Waals surface area contributed by atoms with Crippen LogP contribution in [-0.4, -0.2) is 42.9 Å². The lowest BCUT2D eigenvalue weighted by atomic mass is 9.94. The van der Waals surface area contributed by atoms with Gasteiger partial charge in [0.1, 0.15) is 0 Å². The fraction of sp³-hybridized carbons (Fsp3) is 0.579. The van der Waals surface area contributed by atoms with Crippen LogP contribution in [0.4, 0.5) is 11.4 Å². The number of nitrogens with zero attached hydrogens (tertiary/aromatic N) is 2. The molecule has 1 aromatic rings. The van der Waals surface area contributed by atoms with Crippen LogP contribution in [-0.2, 0) is 9.59 Å². The molecule has 0 bridgehead atoms. The average molecular weight is 331 g/mol. The Hall–Kier alpha value is -2.04. The second-order valence-electron chi connectivity index (χ2n) is 7.37. The molecule has 24 heavy (non-hydrogen) atoms. The molecule has 0 atom stereocenters. The van der Waals surface area contributed by atoms with E-state index in [1.54, 1.807) is 0 Å². The van der Waals surface area contributed by atoms with E-state index in [1.165, 1.54) is 0 Å². The van der Waals surface area contributed by atoms with Crippen molar-refractivity contribution in [3.8, 4) is 0 Å². The number of amides is 2. The molecule has 1 N–H and O–H groups in total. The van der Waals surface area contributed by atoms with E-state index < -0.39 is 0 Å². The molecule has 0 radical (unpaired) electrons. The maximum Gasteiger partial charge on any atom is 0.228 e. The van der Waals surface area contributed by atoms with Crippen LogP contribution in [0.3, 0.4) is 0 Å². The van der Waals surface area contributed by atoms with Crippen LogP contribution in [0.2, 0.25) is 0 Å². The van der Waals surface area contributed by atoms with E-state index in [-0.39, 0.29) is 17.2 Å². The Morgan fingerprint density at radius 2 is 1.62 bits per heavy atom. The molecule has 132 valence electrons. The summed E-state index contributed by atoms with van der Waals surface area (Å²) in [7, 11) is 0. The summed E-state index contributed by atoms with van der Waals surface area (Å²) in [5.74, 6) is 0.274. The average Bonchev–Trinajstić information content (AvgIpc) is 2.54. The first-order chi connectivity index (χ1) is 11.3. The van der Waals surface area contributed by atoms with Gasteiger partial charge < -0.3 is 15.1 Å². The molecular weight excluding hydrogens is 302 g/mol. The molecule has 2 amide bonds. The number of piperazine rings is 1. The highest BCUT2D eigenvalue weighted by Crippen LogP contribution is 2.22. The predicted molar refractivity (Wildman–Crippen MR) is 98.2 cm³/mol. The molecule has 1 aromatic carbocycles. The lowest BCUT2D eigenvalue weighted by molar-refractivity contribution is -0.139. The fourth-order valence-electron chi connectivity index (χ4n) is 2.85. The van der Waals surface area contributed by atoms with Gasteiger partial charge in [-0.2, -0.15) is 0 Å². The molecule has 5 heteroatoms. The van der Waals surface area contributed by atoms with Crippen LogP contribution >= 0.6 is 0 Å². The Bertz CT molecular complexity index is 567. The van der Waals surface area contributed by atoms with Crippen molar-refractivity contribution in [1.29, 1.82) is 0 Å². The Morgan fingerprint density at radius 1 is 1.04 bits per heavy atom. The van der Waals surface area contributed by atoms with Gasteiger partial charge in [0.05, 0.1) is 0 Å². The second kappa shape index (κ2) is 7.69. The van der Waals surface area contributed by atoms with E-state index in [9.17, 15) is 9.59 Å². The van der Waals surface area contributed by atoms with Crippen molar-refractivity contribution in [2.24, 2.45) is 5.41 Å². The summed E-state index contributed by atoms with van der Waals surface area (Å²) in [4.78, 5) is 28.2. The summed E-state index contributed by atoms with van der Waals surface area (Å²) in [5.41, 5.74) is 1.64. The number of carbonyl (C=O) groups is 2. The van der Waals surface area contributed by atoms with E-state index >= 15 is 0 Å². The Balaban J connectivity index is 1.90. The zero-order chi connectivity index (χ0) is 17.7. The molecule has 1 aliphatic heterocycles. The number of hydrogen-bond acceptors (Lipinski definition) is 3. The summed E-state index contributed by atoms with van der Waals surface area (Å²) in [6, 6.07) is 7.94. The third-order valence-electron chi connectivity index (χ3n) is 4.20. The van der Waals surface area contributed by atoms with Crippen molar-refractivity contribution >= 4 is 23.2 Å². The smallest absolute Gasteiger partial charge is 0.228 e. The van der Waals surface area contributed by atoms with E-state index in [2.05, 4.69) is 10.2 Å². The number of benzene rings is 1. The first-order valence-corrected chi connectivity index (χ1v) is 8.75. The summed E-state index contributed by atoms with van der Waals surface area (Å²) >= 11 is 0. The van der Waals surface area contributed by atoms with Gasteiger partial charge in [0.25, 0.3) is 0 Å². The van der Waals surface area contributed by atoms with Gasteiger partial charge in [0, 0.05) is 49.4 Å². The molecular formula is C19H29N3O2. The normalized spacial score (nSPS) is 15.3. The standard InChI is InChI=1S/C19H29N3O2/c1-5-6-17(23)20-15-7-9-16(10-8-15)21-11-13-22(14-12-21)18(24)19(2,3)4/h7-10H,5-6,11-14H2,1-4H3,(H,20,23). The lowest BCUT2D eigenvalue weighted by Gasteiger charge is -2.38. The van der Waals surface area contributed by atoms with Crippen LogP contribution in [0.15, 0.2) is 24.3 Å². The van der Waals surface area contributed by atoms with Crippen molar-refractivity contribution in [3.05, 3.63) is 24.3 Å². The predicted octanol–water partition coefficient (Wildman–Crippen LogP) is 3.12. The van der Waals surface area contributed by atoms with Crippen molar-refractivity contribution < 1.29 is 9.59 Å². The highest BCUT2D eigenvalue weighted by Gasteiger charge is 2.29. The van der Waals surface area contributed by atoms with Gasteiger partial charge in [0.2, 0.25) is 11.8 Å². The van der Waals surface area contributed by atoms with Gasteiger partial charge >= 0.3 is 0 Å². The number of hydrogen-bond donors (Lipinski definition) is 1. The molecule has 2 rings (SSSR count). The topological polar surface area (TPSA) is 52.7 Å². The fourth-order valence-corrected chi connectivity index (χ4v) is 2.85. The van der Waals surface area contributed by atoms with E-state index in [0.717, 1.165) is 44.0 Å². The molecule has 0 unspecified atom stereocenters. The SMILES string of the molecule is CCCC(=O)Nc1ccc(N2CCN(C(=O)C(C)(C)C)CC2)cc1. The third kappa shape index (κ3) is 4.73. The highest BCUT2D eigenvalue weighted by atomic mass is 16.2. The first kappa shape index (κ1) is 18.3. The zero-order valence-electron chi connectivity index (χ0n) is 15.3. The summed E-state index contributed by atoms with van der Waals surface area (Å²) < 4.78 is 0. The van der Waals surface area contributed by atoms with Crippen LogP contribution in [0, 0.1) is 5.41 Å². The minimum Gasteiger partial charge on any atom is -0.368 e. The lowest BCUT2D eigenvalue weighted by Crippen LogP contribution is -2.51. The molecule has 0 aliphatic carbocycles. The Labute approximate surface area is 145 Å². The molecule has 0 saturated carbocycles. The van der Waals surface area contributed by atoms with Crippen molar-refractivity contribution in [2.45, 2.75) is 40.5 Å². The van der Waals surface area contributed by atoms with Gasteiger partial charge in [-0.15, -0.1) is 0 Å². The summed E-state index contributed by atoms with van der Waals surface area (Å²) in [6.07, 6.45) is 1.40. The molecule has 1 fully saturated rings. The largest absolute Gasteiger partial charge is 0.368 e. The van der Waals surface area contributed by atoms with E-state index in [4.69, 9.17) is 0 Å². The molecule has 1 aliphatic rings. The van der Waals surface area contributed by atoms with Crippen molar-refractivity contribution in [2.75, 3.05) is 36.4 Å². The van der Waals surface area contributed by atoms with Gasteiger partial charge in [0.15, 0.2) is 0 Å². The Kier molecular flexibility index (Phi) is 5.86. The molecule has 1 heterocycles. The van der Waals surface area contributed by atoms with Crippen LogP contribution < -0.4 is 10.2 Å². The van der Waals surface area contributed by atoms with E-state index in [0.29, 0.717) is 6.42 Å². The van der Waals surface area contributed by atoms with Crippen LogP contribution in [0.25, 0.3) is 0 Å².